The molecular formula is C19H29NO3. The van der Waals surface area contributed by atoms with Crippen molar-refractivity contribution in [3.8, 4) is 0 Å². The van der Waals surface area contributed by atoms with Gasteiger partial charge in [0.15, 0.2) is 5.78 Å². The fourth-order valence-corrected chi connectivity index (χ4v) is 1.90. The van der Waals surface area contributed by atoms with E-state index in [4.69, 9.17) is 4.74 Å². The van der Waals surface area contributed by atoms with Crippen molar-refractivity contribution in [1.82, 2.24) is 4.90 Å². The first-order chi connectivity index (χ1) is 10.5. The van der Waals surface area contributed by atoms with Crippen LogP contribution < -0.4 is 0 Å². The van der Waals surface area contributed by atoms with E-state index < -0.39 is 17.1 Å². The van der Waals surface area contributed by atoms with E-state index in [1.807, 2.05) is 71.9 Å². The highest BCUT2D eigenvalue weighted by Crippen LogP contribution is 2.22. The molecule has 0 aliphatic heterocycles. The number of rotatable bonds is 6. The van der Waals surface area contributed by atoms with Crippen molar-refractivity contribution < 1.29 is 14.3 Å². The van der Waals surface area contributed by atoms with Gasteiger partial charge in [0.1, 0.15) is 5.60 Å². The molecule has 1 aromatic carbocycles. The zero-order chi connectivity index (χ0) is 17.7. The SMILES string of the molecule is CCC(C)(C)C(=O)CN(Cc1ccccc1)C(=O)OC(C)(C)C. The lowest BCUT2D eigenvalue weighted by Crippen LogP contribution is -2.42. The molecule has 0 fully saturated rings. The lowest BCUT2D eigenvalue weighted by molar-refractivity contribution is -0.128. The van der Waals surface area contributed by atoms with Gasteiger partial charge >= 0.3 is 6.09 Å². The van der Waals surface area contributed by atoms with Gasteiger partial charge in [0.25, 0.3) is 0 Å². The number of nitrogens with zero attached hydrogens (tertiary/aromatic N) is 1. The number of hydrogen-bond donors (Lipinski definition) is 0. The first-order valence-corrected chi connectivity index (χ1v) is 8.10. The predicted octanol–water partition coefficient (Wildman–Crippen LogP) is 4.43. The smallest absolute Gasteiger partial charge is 0.410 e. The van der Waals surface area contributed by atoms with Crippen LogP contribution in [0.4, 0.5) is 4.79 Å². The highest BCUT2D eigenvalue weighted by atomic mass is 16.6. The summed E-state index contributed by atoms with van der Waals surface area (Å²) in [5.74, 6) is 0.0433. The average molecular weight is 319 g/mol. The fraction of sp³-hybridized carbons (Fsp3) is 0.579. The van der Waals surface area contributed by atoms with E-state index in [1.54, 1.807) is 0 Å². The number of ether oxygens (including phenoxy) is 1. The summed E-state index contributed by atoms with van der Waals surface area (Å²) in [7, 11) is 0. The molecule has 1 rings (SSSR count). The summed E-state index contributed by atoms with van der Waals surface area (Å²) in [6.07, 6.45) is 0.279. The number of Topliss-reactive ketones (excluding diaryl/α,β-unsaturated/α-hetero) is 1. The third kappa shape index (κ3) is 6.43. The Morgan fingerprint density at radius 1 is 1.04 bits per heavy atom. The maximum atomic E-state index is 12.5. The Balaban J connectivity index is 2.92. The van der Waals surface area contributed by atoms with Crippen molar-refractivity contribution in [3.05, 3.63) is 35.9 Å². The zero-order valence-electron chi connectivity index (χ0n) is 15.2. The van der Waals surface area contributed by atoms with Gasteiger partial charge < -0.3 is 4.74 Å². The molecule has 0 saturated heterocycles. The molecule has 0 aliphatic rings. The topological polar surface area (TPSA) is 46.6 Å². The molecule has 0 spiro atoms. The highest BCUT2D eigenvalue weighted by molar-refractivity contribution is 5.88. The van der Waals surface area contributed by atoms with E-state index in [9.17, 15) is 9.59 Å². The van der Waals surface area contributed by atoms with Crippen LogP contribution in [0.25, 0.3) is 0 Å². The summed E-state index contributed by atoms with van der Waals surface area (Å²) >= 11 is 0. The van der Waals surface area contributed by atoms with Crippen LogP contribution in [0.2, 0.25) is 0 Å². The van der Waals surface area contributed by atoms with E-state index in [0.717, 1.165) is 12.0 Å². The van der Waals surface area contributed by atoms with Crippen molar-refractivity contribution in [3.63, 3.8) is 0 Å². The summed E-state index contributed by atoms with van der Waals surface area (Å²) in [6, 6.07) is 9.63. The van der Waals surface area contributed by atoms with Crippen LogP contribution in [0, 0.1) is 5.41 Å². The fourth-order valence-electron chi connectivity index (χ4n) is 1.90. The van der Waals surface area contributed by atoms with Crippen LogP contribution in [0.1, 0.15) is 53.5 Å². The molecule has 0 aliphatic carbocycles. The Morgan fingerprint density at radius 2 is 1.61 bits per heavy atom. The second-order valence-electron chi connectivity index (χ2n) is 7.48. The Morgan fingerprint density at radius 3 is 2.09 bits per heavy atom. The number of carbonyl (C=O) groups excluding carboxylic acids is 2. The minimum absolute atomic E-state index is 0.0433. The Kier molecular flexibility index (Phi) is 6.37. The van der Waals surface area contributed by atoms with Crippen molar-refractivity contribution in [2.45, 2.75) is 60.1 Å². The highest BCUT2D eigenvalue weighted by Gasteiger charge is 2.30. The quantitative estimate of drug-likeness (QED) is 0.779. The van der Waals surface area contributed by atoms with Crippen LogP contribution in [0.5, 0.6) is 0 Å². The molecule has 23 heavy (non-hydrogen) atoms. The Bertz CT molecular complexity index is 529. The lowest BCUT2D eigenvalue weighted by atomic mass is 9.85. The van der Waals surface area contributed by atoms with E-state index in [2.05, 4.69) is 0 Å². The normalized spacial score (nSPS) is 11.9. The second-order valence-corrected chi connectivity index (χ2v) is 7.48. The minimum atomic E-state index is -0.588. The molecule has 0 N–H and O–H groups in total. The molecule has 0 heterocycles. The number of hydrogen-bond acceptors (Lipinski definition) is 3. The van der Waals surface area contributed by atoms with Crippen LogP contribution in [-0.2, 0) is 16.1 Å². The molecule has 1 aromatic rings. The average Bonchev–Trinajstić information content (AvgIpc) is 2.45. The first-order valence-electron chi connectivity index (χ1n) is 8.10. The van der Waals surface area contributed by atoms with Gasteiger partial charge in [-0.25, -0.2) is 4.79 Å². The number of benzene rings is 1. The molecule has 128 valence electrons. The van der Waals surface area contributed by atoms with Gasteiger partial charge in [0, 0.05) is 12.0 Å². The van der Waals surface area contributed by atoms with E-state index in [0.29, 0.717) is 6.54 Å². The first kappa shape index (κ1) is 19.2. The van der Waals surface area contributed by atoms with Crippen LogP contribution in [0.3, 0.4) is 0 Å². The second kappa shape index (κ2) is 7.62. The van der Waals surface area contributed by atoms with Gasteiger partial charge in [0.2, 0.25) is 0 Å². The molecule has 0 bridgehead atoms. The molecular weight excluding hydrogens is 290 g/mol. The van der Waals surface area contributed by atoms with Gasteiger partial charge in [-0.1, -0.05) is 51.1 Å². The maximum absolute atomic E-state index is 12.5. The van der Waals surface area contributed by atoms with Gasteiger partial charge in [-0.3, -0.25) is 9.69 Å². The molecule has 0 unspecified atom stereocenters. The summed E-state index contributed by atoms with van der Waals surface area (Å²) in [5.41, 5.74) is -0.0628. The van der Waals surface area contributed by atoms with Crippen molar-refractivity contribution in [2.75, 3.05) is 6.54 Å². The van der Waals surface area contributed by atoms with E-state index in [1.165, 1.54) is 4.90 Å². The third-order valence-corrected chi connectivity index (χ3v) is 3.84. The molecule has 4 heteroatoms. The van der Waals surface area contributed by atoms with Gasteiger partial charge in [-0.05, 0) is 32.8 Å². The van der Waals surface area contributed by atoms with Crippen LogP contribution in [-0.4, -0.2) is 28.9 Å². The summed E-state index contributed by atoms with van der Waals surface area (Å²) in [6.45, 7) is 11.7. The van der Waals surface area contributed by atoms with Crippen molar-refractivity contribution in [1.29, 1.82) is 0 Å². The number of amides is 1. The van der Waals surface area contributed by atoms with Gasteiger partial charge in [0.05, 0.1) is 6.54 Å². The number of ketones is 1. The molecule has 0 radical (unpaired) electrons. The lowest BCUT2D eigenvalue weighted by Gasteiger charge is -2.30. The predicted molar refractivity (Wildman–Crippen MR) is 92.2 cm³/mol. The molecule has 4 nitrogen and oxygen atoms in total. The minimum Gasteiger partial charge on any atom is -0.444 e. The Labute approximate surface area is 139 Å². The maximum Gasteiger partial charge on any atom is 0.410 e. The van der Waals surface area contributed by atoms with Gasteiger partial charge in [-0.15, -0.1) is 0 Å². The van der Waals surface area contributed by atoms with E-state index in [-0.39, 0.29) is 12.3 Å². The number of carbonyl (C=O) groups is 2. The summed E-state index contributed by atoms with van der Waals surface area (Å²) in [4.78, 5) is 26.5. The van der Waals surface area contributed by atoms with Crippen LogP contribution >= 0.6 is 0 Å². The molecule has 1 amide bonds. The van der Waals surface area contributed by atoms with Crippen molar-refractivity contribution in [2.24, 2.45) is 5.41 Å². The third-order valence-electron chi connectivity index (χ3n) is 3.84. The summed E-state index contributed by atoms with van der Waals surface area (Å²) < 4.78 is 5.45. The largest absolute Gasteiger partial charge is 0.444 e. The van der Waals surface area contributed by atoms with Crippen LogP contribution in [0.15, 0.2) is 30.3 Å². The van der Waals surface area contributed by atoms with Gasteiger partial charge in [-0.2, -0.15) is 0 Å². The standard InChI is InChI=1S/C19H29NO3/c1-7-19(5,6)16(21)14-20(17(22)23-18(2,3)4)13-15-11-9-8-10-12-15/h8-12H,7,13-14H2,1-6H3. The molecule has 0 atom stereocenters. The van der Waals surface area contributed by atoms with E-state index >= 15 is 0 Å². The Hall–Kier alpha value is -1.84. The summed E-state index contributed by atoms with van der Waals surface area (Å²) in [5, 5.41) is 0. The monoisotopic (exact) mass is 319 g/mol. The van der Waals surface area contributed by atoms with Crippen molar-refractivity contribution >= 4 is 11.9 Å². The molecule has 0 aromatic heterocycles. The zero-order valence-corrected chi connectivity index (χ0v) is 15.2. The molecule has 0 saturated carbocycles.